The van der Waals surface area contributed by atoms with Gasteiger partial charge in [0.2, 0.25) is 0 Å². The smallest absolute Gasteiger partial charge is 0.0378 e. The van der Waals surface area contributed by atoms with Crippen molar-refractivity contribution in [2.45, 2.75) is 39.2 Å². The summed E-state index contributed by atoms with van der Waals surface area (Å²) in [7, 11) is 0. The summed E-state index contributed by atoms with van der Waals surface area (Å²) in [6, 6.07) is 2.37. The van der Waals surface area contributed by atoms with Crippen molar-refractivity contribution < 1.29 is 0 Å². The van der Waals surface area contributed by atoms with E-state index in [1.54, 1.807) is 6.20 Å². The van der Waals surface area contributed by atoms with E-state index in [-0.39, 0.29) is 0 Å². The third-order valence-electron chi connectivity index (χ3n) is 2.76. The molecule has 0 aromatic carbocycles. The number of nitrogen functional groups attached to an aromatic ring is 1. The molecule has 0 aliphatic carbocycles. The Morgan fingerprint density at radius 2 is 2.22 bits per heavy atom. The molecule has 102 valence electrons. The number of nitrogens with two attached hydrogens (primary N) is 1. The molecule has 0 spiro atoms. The van der Waals surface area contributed by atoms with Crippen molar-refractivity contribution in [1.82, 2.24) is 10.3 Å². The van der Waals surface area contributed by atoms with E-state index in [0.29, 0.717) is 6.04 Å². The van der Waals surface area contributed by atoms with Crippen molar-refractivity contribution >= 4 is 17.4 Å². The first-order valence-electron chi connectivity index (χ1n) is 6.77. The molecule has 18 heavy (non-hydrogen) atoms. The molecule has 0 aliphatic heterocycles. The van der Waals surface area contributed by atoms with Crippen molar-refractivity contribution in [2.75, 3.05) is 23.8 Å². The second kappa shape index (κ2) is 9.22. The number of pyridine rings is 1. The van der Waals surface area contributed by atoms with Crippen molar-refractivity contribution in [1.29, 1.82) is 0 Å². The molecule has 0 fully saturated rings. The second-order valence-electron chi connectivity index (χ2n) is 4.50. The third kappa shape index (κ3) is 5.74. The highest BCUT2D eigenvalue weighted by atomic mass is 32.2. The predicted octanol–water partition coefficient (Wildman–Crippen LogP) is 2.72. The van der Waals surface area contributed by atoms with E-state index in [1.807, 2.05) is 24.0 Å². The van der Waals surface area contributed by atoms with Gasteiger partial charge in [-0.05, 0) is 43.2 Å². The molecule has 3 N–H and O–H groups in total. The average Bonchev–Trinajstić information content (AvgIpc) is 2.38. The minimum atomic E-state index is 0.494. The molecule has 0 amide bonds. The number of aromatic nitrogens is 1. The van der Waals surface area contributed by atoms with Crippen LogP contribution in [0, 0.1) is 0 Å². The van der Waals surface area contributed by atoms with Gasteiger partial charge in [0.25, 0.3) is 0 Å². The number of anilines is 1. The van der Waals surface area contributed by atoms with Gasteiger partial charge in [-0.2, -0.15) is 11.8 Å². The van der Waals surface area contributed by atoms with Crippen molar-refractivity contribution in [3.05, 3.63) is 24.0 Å². The summed E-state index contributed by atoms with van der Waals surface area (Å²) < 4.78 is 0. The maximum atomic E-state index is 5.98. The number of nitrogens with one attached hydrogen (secondary N) is 1. The van der Waals surface area contributed by atoms with Crippen molar-refractivity contribution in [3.63, 3.8) is 0 Å². The fourth-order valence-corrected chi connectivity index (χ4v) is 2.76. The Hall–Kier alpha value is -0.740. The number of thioether (sulfide) groups is 1. The van der Waals surface area contributed by atoms with E-state index in [0.717, 1.165) is 36.4 Å². The van der Waals surface area contributed by atoms with Crippen LogP contribution in [0.2, 0.25) is 0 Å². The zero-order valence-electron chi connectivity index (χ0n) is 11.5. The van der Waals surface area contributed by atoms with Crippen molar-refractivity contribution in [2.24, 2.45) is 0 Å². The van der Waals surface area contributed by atoms with Gasteiger partial charge in [0.15, 0.2) is 0 Å². The van der Waals surface area contributed by atoms with Crippen LogP contribution in [0.3, 0.4) is 0 Å². The minimum absolute atomic E-state index is 0.494. The fraction of sp³-hybridized carbons (Fsp3) is 0.643. The third-order valence-corrected chi connectivity index (χ3v) is 4.09. The van der Waals surface area contributed by atoms with E-state index >= 15 is 0 Å². The van der Waals surface area contributed by atoms with Gasteiger partial charge < -0.3 is 11.1 Å². The zero-order valence-corrected chi connectivity index (χ0v) is 12.3. The molecule has 1 heterocycles. The Morgan fingerprint density at radius 3 is 2.89 bits per heavy atom. The number of hydrogen-bond donors (Lipinski definition) is 2. The number of hydrogen-bond acceptors (Lipinski definition) is 4. The normalized spacial score (nSPS) is 12.6. The van der Waals surface area contributed by atoms with Crippen LogP contribution in [0.25, 0.3) is 0 Å². The first kappa shape index (κ1) is 15.3. The Bertz CT molecular complexity index is 331. The van der Waals surface area contributed by atoms with Crippen LogP contribution >= 0.6 is 11.8 Å². The average molecular weight is 267 g/mol. The van der Waals surface area contributed by atoms with E-state index in [1.165, 1.54) is 12.2 Å². The van der Waals surface area contributed by atoms with Crippen LogP contribution in [0.5, 0.6) is 0 Å². The summed E-state index contributed by atoms with van der Waals surface area (Å²) in [5.74, 6) is 2.37. The first-order chi connectivity index (χ1) is 8.77. The SMILES string of the molecule is CCCNC(CSCCC)Cc1cnccc1N. The van der Waals surface area contributed by atoms with Crippen LogP contribution in [0.15, 0.2) is 18.5 Å². The highest BCUT2D eigenvalue weighted by Crippen LogP contribution is 2.14. The summed E-state index contributed by atoms with van der Waals surface area (Å²) >= 11 is 2.01. The maximum absolute atomic E-state index is 5.98. The van der Waals surface area contributed by atoms with Gasteiger partial charge in [-0.25, -0.2) is 0 Å². The molecule has 0 saturated carbocycles. The lowest BCUT2D eigenvalue weighted by Crippen LogP contribution is -2.34. The van der Waals surface area contributed by atoms with E-state index in [4.69, 9.17) is 5.73 Å². The summed E-state index contributed by atoms with van der Waals surface area (Å²) in [6.45, 7) is 5.49. The standard InChI is InChI=1S/C14H25N3S/c1-3-6-17-13(11-18-8-4-2)9-12-10-16-7-5-14(12)15/h5,7,10,13,17H,3-4,6,8-9,11H2,1-2H3,(H2,15,16). The summed E-state index contributed by atoms with van der Waals surface area (Å²) in [4.78, 5) is 4.16. The van der Waals surface area contributed by atoms with Crippen LogP contribution < -0.4 is 11.1 Å². The maximum Gasteiger partial charge on any atom is 0.0378 e. The van der Waals surface area contributed by atoms with Crippen LogP contribution in [-0.2, 0) is 6.42 Å². The monoisotopic (exact) mass is 267 g/mol. The molecular weight excluding hydrogens is 242 g/mol. The molecule has 0 saturated heterocycles. The highest BCUT2D eigenvalue weighted by Gasteiger charge is 2.10. The Kier molecular flexibility index (Phi) is 7.85. The second-order valence-corrected chi connectivity index (χ2v) is 5.65. The minimum Gasteiger partial charge on any atom is -0.398 e. The predicted molar refractivity (Wildman–Crippen MR) is 82.1 cm³/mol. The molecule has 1 aromatic rings. The zero-order chi connectivity index (χ0) is 13.2. The van der Waals surface area contributed by atoms with Gasteiger partial charge in [0.05, 0.1) is 0 Å². The Balaban J connectivity index is 2.51. The topological polar surface area (TPSA) is 50.9 Å². The van der Waals surface area contributed by atoms with E-state index in [2.05, 4.69) is 24.1 Å². The molecule has 1 unspecified atom stereocenters. The quantitative estimate of drug-likeness (QED) is 0.676. The lowest BCUT2D eigenvalue weighted by molar-refractivity contribution is 0.550. The molecule has 0 aliphatic rings. The first-order valence-corrected chi connectivity index (χ1v) is 7.92. The Morgan fingerprint density at radius 1 is 1.39 bits per heavy atom. The molecule has 1 atom stereocenters. The Labute approximate surface area is 115 Å². The van der Waals surface area contributed by atoms with E-state index < -0.39 is 0 Å². The van der Waals surface area contributed by atoms with Gasteiger partial charge in [-0.1, -0.05) is 13.8 Å². The van der Waals surface area contributed by atoms with Gasteiger partial charge in [0.1, 0.15) is 0 Å². The molecule has 4 heteroatoms. The lowest BCUT2D eigenvalue weighted by atomic mass is 10.1. The van der Waals surface area contributed by atoms with Crippen LogP contribution in [0.1, 0.15) is 32.3 Å². The molecule has 1 rings (SSSR count). The molecule has 0 bridgehead atoms. The van der Waals surface area contributed by atoms with Gasteiger partial charge >= 0.3 is 0 Å². The van der Waals surface area contributed by atoms with Crippen LogP contribution in [-0.4, -0.2) is 29.1 Å². The summed E-state index contributed by atoms with van der Waals surface area (Å²) in [5.41, 5.74) is 7.99. The van der Waals surface area contributed by atoms with Crippen molar-refractivity contribution in [3.8, 4) is 0 Å². The van der Waals surface area contributed by atoms with Gasteiger partial charge in [-0.15, -0.1) is 0 Å². The number of rotatable bonds is 9. The van der Waals surface area contributed by atoms with Gasteiger partial charge in [-0.3, -0.25) is 4.98 Å². The summed E-state index contributed by atoms with van der Waals surface area (Å²) in [6.07, 6.45) is 7.01. The molecular formula is C14H25N3S. The molecule has 3 nitrogen and oxygen atoms in total. The fourth-order valence-electron chi connectivity index (χ4n) is 1.78. The largest absolute Gasteiger partial charge is 0.398 e. The highest BCUT2D eigenvalue weighted by molar-refractivity contribution is 7.99. The molecule has 1 aromatic heterocycles. The molecule has 0 radical (unpaired) electrons. The van der Waals surface area contributed by atoms with Crippen LogP contribution in [0.4, 0.5) is 5.69 Å². The lowest BCUT2D eigenvalue weighted by Gasteiger charge is -2.19. The van der Waals surface area contributed by atoms with E-state index in [9.17, 15) is 0 Å². The summed E-state index contributed by atoms with van der Waals surface area (Å²) in [5, 5.41) is 3.60. The number of nitrogens with zero attached hydrogens (tertiary/aromatic N) is 1. The van der Waals surface area contributed by atoms with Gasteiger partial charge in [0, 0.05) is 29.9 Å².